The first-order valence-corrected chi connectivity index (χ1v) is 8.92. The lowest BCUT2D eigenvalue weighted by atomic mass is 10.1. The smallest absolute Gasteiger partial charge is 0.116 e. The van der Waals surface area contributed by atoms with Gasteiger partial charge in [0.1, 0.15) is 6.10 Å². The fraction of sp³-hybridized carbons (Fsp3) is 0.455. The van der Waals surface area contributed by atoms with E-state index < -0.39 is 0 Å². The van der Waals surface area contributed by atoms with Gasteiger partial charge in [0.25, 0.3) is 0 Å². The van der Waals surface area contributed by atoms with Crippen molar-refractivity contribution in [2.75, 3.05) is 0 Å². The molecule has 1 heteroatoms. The van der Waals surface area contributed by atoms with Gasteiger partial charge >= 0.3 is 0 Å². The number of benzene rings is 1. The molecule has 0 aromatic heterocycles. The second-order valence-electron chi connectivity index (χ2n) is 6.53. The van der Waals surface area contributed by atoms with Crippen molar-refractivity contribution in [3.63, 3.8) is 0 Å². The van der Waals surface area contributed by atoms with Crippen LogP contribution in [0.15, 0.2) is 60.9 Å². The van der Waals surface area contributed by atoms with Crippen LogP contribution < -0.4 is 0 Å². The third-order valence-corrected chi connectivity index (χ3v) is 4.55. The van der Waals surface area contributed by atoms with Gasteiger partial charge in [-0.3, -0.25) is 0 Å². The molecule has 0 bridgehead atoms. The van der Waals surface area contributed by atoms with Crippen molar-refractivity contribution in [1.29, 1.82) is 0 Å². The molecule has 2 rings (SSSR count). The Morgan fingerprint density at radius 2 is 2.09 bits per heavy atom. The van der Waals surface area contributed by atoms with Gasteiger partial charge in [-0.1, -0.05) is 74.4 Å². The maximum atomic E-state index is 5.62. The van der Waals surface area contributed by atoms with E-state index in [0.29, 0.717) is 11.8 Å². The molecule has 1 aromatic carbocycles. The summed E-state index contributed by atoms with van der Waals surface area (Å²) >= 11 is 0. The molecule has 1 aliphatic rings. The van der Waals surface area contributed by atoms with Gasteiger partial charge in [-0.15, -0.1) is 0 Å². The Bertz CT molecular complexity index is 526. The molecule has 0 heterocycles. The van der Waals surface area contributed by atoms with Crippen LogP contribution in [0.2, 0.25) is 0 Å². The van der Waals surface area contributed by atoms with Gasteiger partial charge in [-0.25, -0.2) is 0 Å². The minimum absolute atomic E-state index is 0.193. The van der Waals surface area contributed by atoms with Crippen LogP contribution in [0.3, 0.4) is 0 Å². The van der Waals surface area contributed by atoms with Crippen molar-refractivity contribution in [1.82, 2.24) is 0 Å². The summed E-state index contributed by atoms with van der Waals surface area (Å²) in [7, 11) is 0. The summed E-state index contributed by atoms with van der Waals surface area (Å²) in [6.07, 6.45) is 14.8. The highest BCUT2D eigenvalue weighted by Gasteiger charge is 2.35. The molecule has 1 unspecified atom stereocenters. The van der Waals surface area contributed by atoms with Gasteiger partial charge in [0, 0.05) is 0 Å². The first kappa shape index (κ1) is 17.6. The average Bonchev–Trinajstić information content (AvgIpc) is 3.33. The number of ether oxygens (including phenoxy) is 1. The highest BCUT2D eigenvalue weighted by molar-refractivity contribution is 5.53. The van der Waals surface area contributed by atoms with E-state index in [1.54, 1.807) is 6.26 Å². The predicted octanol–water partition coefficient (Wildman–Crippen LogP) is 6.39. The maximum Gasteiger partial charge on any atom is 0.116 e. The van der Waals surface area contributed by atoms with Crippen LogP contribution >= 0.6 is 0 Å². The molecule has 0 amide bonds. The second-order valence-corrected chi connectivity index (χ2v) is 6.53. The molecule has 1 nitrogen and oxygen atoms in total. The Balaban J connectivity index is 1.84. The molecule has 0 radical (unpaired) electrons. The van der Waals surface area contributed by atoms with E-state index >= 15 is 0 Å². The Labute approximate surface area is 141 Å². The zero-order chi connectivity index (χ0) is 16.5. The molecule has 1 aromatic rings. The standard InChI is InChI=1S/C22H30O/c1-4-6-8-13-21(23-5-2)15-14-20-17-22(20)18(3)16-19-11-9-7-10-12-19/h5,7,9-12,14-16,20-22H,2,4,6,8,13,17H2,1,3H3/b15-14+,18-16+/t20-,21?,22+/m1/s1. The highest BCUT2D eigenvalue weighted by Crippen LogP contribution is 2.45. The topological polar surface area (TPSA) is 9.23 Å². The van der Waals surface area contributed by atoms with E-state index in [4.69, 9.17) is 4.74 Å². The summed E-state index contributed by atoms with van der Waals surface area (Å²) in [6.45, 7) is 8.18. The molecule has 1 saturated carbocycles. The normalized spacial score (nSPS) is 22.1. The molecule has 23 heavy (non-hydrogen) atoms. The van der Waals surface area contributed by atoms with E-state index in [9.17, 15) is 0 Å². The van der Waals surface area contributed by atoms with Crippen LogP contribution in [0.25, 0.3) is 6.08 Å². The van der Waals surface area contributed by atoms with Gasteiger partial charge in [-0.05, 0) is 49.7 Å². The lowest BCUT2D eigenvalue weighted by molar-refractivity contribution is 0.175. The maximum absolute atomic E-state index is 5.62. The monoisotopic (exact) mass is 310 g/mol. The summed E-state index contributed by atoms with van der Waals surface area (Å²) in [4.78, 5) is 0. The van der Waals surface area contributed by atoms with Crippen molar-refractivity contribution in [3.8, 4) is 0 Å². The van der Waals surface area contributed by atoms with Crippen molar-refractivity contribution in [2.24, 2.45) is 11.8 Å². The molecule has 3 atom stereocenters. The molecule has 0 N–H and O–H groups in total. The van der Waals surface area contributed by atoms with Crippen molar-refractivity contribution in [3.05, 3.63) is 66.5 Å². The van der Waals surface area contributed by atoms with E-state index in [2.05, 4.69) is 69.0 Å². The molecule has 1 fully saturated rings. The van der Waals surface area contributed by atoms with E-state index in [0.717, 1.165) is 6.42 Å². The quantitative estimate of drug-likeness (QED) is 0.276. The summed E-state index contributed by atoms with van der Waals surface area (Å²) < 4.78 is 5.62. The Kier molecular flexibility index (Phi) is 7.19. The van der Waals surface area contributed by atoms with Crippen molar-refractivity contribution in [2.45, 2.75) is 52.1 Å². The van der Waals surface area contributed by atoms with Crippen molar-refractivity contribution < 1.29 is 4.74 Å². The van der Waals surface area contributed by atoms with Crippen molar-refractivity contribution >= 4 is 6.08 Å². The van der Waals surface area contributed by atoms with Gasteiger partial charge in [0.05, 0.1) is 6.26 Å². The van der Waals surface area contributed by atoms with E-state index in [-0.39, 0.29) is 6.10 Å². The summed E-state index contributed by atoms with van der Waals surface area (Å²) in [5.74, 6) is 1.38. The largest absolute Gasteiger partial charge is 0.495 e. The second kappa shape index (κ2) is 9.39. The van der Waals surface area contributed by atoms with Crippen LogP contribution in [0.1, 0.15) is 51.5 Å². The summed E-state index contributed by atoms with van der Waals surface area (Å²) in [6, 6.07) is 10.6. The summed E-state index contributed by atoms with van der Waals surface area (Å²) in [5, 5.41) is 0. The lowest BCUT2D eigenvalue weighted by Crippen LogP contribution is -2.05. The number of hydrogen-bond acceptors (Lipinski definition) is 1. The first-order valence-electron chi connectivity index (χ1n) is 8.92. The zero-order valence-electron chi connectivity index (χ0n) is 14.6. The molecule has 0 spiro atoms. The zero-order valence-corrected chi connectivity index (χ0v) is 14.6. The number of unbranched alkanes of at least 4 members (excludes halogenated alkanes) is 2. The minimum Gasteiger partial charge on any atom is -0.495 e. The van der Waals surface area contributed by atoms with Gasteiger partial charge in [0.15, 0.2) is 0 Å². The Hall–Kier alpha value is -1.76. The third kappa shape index (κ3) is 6.09. The van der Waals surface area contributed by atoms with E-state index in [1.165, 1.54) is 36.8 Å². The molecular formula is C22H30O. The SMILES string of the molecule is C=COC(/C=C/[C@@H]1C[C@H]1/C(C)=C/c1ccccc1)CCCCC. The molecule has 0 aliphatic heterocycles. The highest BCUT2D eigenvalue weighted by atomic mass is 16.5. The third-order valence-electron chi connectivity index (χ3n) is 4.55. The number of rotatable bonds is 10. The van der Waals surface area contributed by atoms with E-state index in [1.807, 2.05) is 0 Å². The van der Waals surface area contributed by atoms with Crippen LogP contribution in [0.5, 0.6) is 0 Å². The number of allylic oxidation sites excluding steroid dienone is 2. The Morgan fingerprint density at radius 1 is 1.30 bits per heavy atom. The fourth-order valence-corrected chi connectivity index (χ4v) is 3.07. The Morgan fingerprint density at radius 3 is 2.78 bits per heavy atom. The molecule has 124 valence electrons. The van der Waals surface area contributed by atoms with Crippen LogP contribution in [-0.2, 0) is 4.74 Å². The average molecular weight is 310 g/mol. The molecule has 0 saturated heterocycles. The van der Waals surface area contributed by atoms with Gasteiger partial charge in [-0.2, -0.15) is 0 Å². The minimum atomic E-state index is 0.193. The van der Waals surface area contributed by atoms with Gasteiger partial charge < -0.3 is 4.74 Å². The van der Waals surface area contributed by atoms with Crippen LogP contribution in [0, 0.1) is 11.8 Å². The lowest BCUT2D eigenvalue weighted by Gasteiger charge is -2.11. The number of hydrogen-bond donors (Lipinski definition) is 0. The molecular weight excluding hydrogens is 280 g/mol. The van der Waals surface area contributed by atoms with Gasteiger partial charge in [0.2, 0.25) is 0 Å². The summed E-state index contributed by atoms with van der Waals surface area (Å²) in [5.41, 5.74) is 2.78. The first-order chi connectivity index (χ1) is 11.2. The predicted molar refractivity (Wildman–Crippen MR) is 100 cm³/mol. The van der Waals surface area contributed by atoms with Crippen LogP contribution in [-0.4, -0.2) is 6.10 Å². The van der Waals surface area contributed by atoms with Crippen LogP contribution in [0.4, 0.5) is 0 Å². The molecule has 1 aliphatic carbocycles. The fourth-order valence-electron chi connectivity index (χ4n) is 3.07.